The molecule has 4 atom stereocenters. The summed E-state index contributed by atoms with van der Waals surface area (Å²) in [7, 11) is -0.690. The van der Waals surface area contributed by atoms with Crippen molar-refractivity contribution in [3.8, 4) is 0 Å². The third-order valence-corrected chi connectivity index (χ3v) is 6.94. The normalized spacial score (nSPS) is 23.3. The van der Waals surface area contributed by atoms with E-state index in [0.717, 1.165) is 56.9 Å². The molecule has 4 unspecified atom stereocenters. The lowest BCUT2D eigenvalue weighted by atomic mass is 9.95. The van der Waals surface area contributed by atoms with Crippen molar-refractivity contribution < 1.29 is 4.21 Å². The third-order valence-electron chi connectivity index (χ3n) is 5.20. The van der Waals surface area contributed by atoms with Crippen LogP contribution in [0.4, 0.5) is 0 Å². The fourth-order valence-corrected chi connectivity index (χ4v) is 5.01. The van der Waals surface area contributed by atoms with E-state index < -0.39 is 10.8 Å². The largest absolute Gasteiger partial charge is 0.357 e. The first-order chi connectivity index (χ1) is 12.7. The Labute approximate surface area is 161 Å². The van der Waals surface area contributed by atoms with E-state index in [1.807, 2.05) is 6.92 Å². The van der Waals surface area contributed by atoms with E-state index in [1.54, 1.807) is 0 Å². The van der Waals surface area contributed by atoms with Gasteiger partial charge in [-0.15, -0.1) is 0 Å². The van der Waals surface area contributed by atoms with Crippen molar-refractivity contribution in [2.24, 2.45) is 4.99 Å². The van der Waals surface area contributed by atoms with E-state index >= 15 is 0 Å². The molecule has 0 bridgehead atoms. The first-order valence-corrected chi connectivity index (χ1v) is 11.5. The Kier molecular flexibility index (Phi) is 9.16. The molecule has 0 amide bonds. The Bertz CT molecular complexity index is 576. The molecule has 2 rings (SSSR count). The second-order valence-electron chi connectivity index (χ2n) is 7.03. The number of rotatable bonds is 8. The molecule has 1 saturated carbocycles. The molecular formula is C21H35N3OS. The lowest BCUT2D eigenvalue weighted by molar-refractivity contribution is 0.413. The maximum absolute atomic E-state index is 12.2. The Morgan fingerprint density at radius 3 is 2.65 bits per heavy atom. The fraction of sp³-hybridized carbons (Fsp3) is 0.667. The van der Waals surface area contributed by atoms with Crippen LogP contribution in [0.2, 0.25) is 0 Å². The highest BCUT2D eigenvalue weighted by atomic mass is 32.2. The molecule has 146 valence electrons. The van der Waals surface area contributed by atoms with Crippen LogP contribution in [0.5, 0.6) is 0 Å². The highest BCUT2D eigenvalue weighted by Gasteiger charge is 2.26. The van der Waals surface area contributed by atoms with E-state index in [0.29, 0.717) is 17.2 Å². The van der Waals surface area contributed by atoms with Gasteiger partial charge in [-0.25, -0.2) is 0 Å². The predicted molar refractivity (Wildman–Crippen MR) is 113 cm³/mol. The van der Waals surface area contributed by atoms with Crippen LogP contribution in [0, 0.1) is 0 Å². The third kappa shape index (κ3) is 6.42. The highest BCUT2D eigenvalue weighted by Crippen LogP contribution is 2.23. The maximum atomic E-state index is 12.2. The second kappa shape index (κ2) is 11.4. The van der Waals surface area contributed by atoms with E-state index in [2.05, 4.69) is 54.8 Å². The molecule has 1 aromatic rings. The second-order valence-corrected chi connectivity index (χ2v) is 9.04. The summed E-state index contributed by atoms with van der Waals surface area (Å²) in [6.45, 7) is 7.98. The van der Waals surface area contributed by atoms with E-state index in [1.165, 1.54) is 5.56 Å². The lowest BCUT2D eigenvalue weighted by Crippen LogP contribution is -2.46. The van der Waals surface area contributed by atoms with Crippen molar-refractivity contribution in [3.05, 3.63) is 35.9 Å². The summed E-state index contributed by atoms with van der Waals surface area (Å²) < 4.78 is 12.2. The Morgan fingerprint density at radius 2 is 2.00 bits per heavy atom. The minimum absolute atomic E-state index is 0.335. The summed E-state index contributed by atoms with van der Waals surface area (Å²) in [6.07, 6.45) is 5.44. The number of hydrogen-bond acceptors (Lipinski definition) is 2. The number of nitrogens with zero attached hydrogens (tertiary/aromatic N) is 1. The van der Waals surface area contributed by atoms with Crippen LogP contribution in [0.3, 0.4) is 0 Å². The first kappa shape index (κ1) is 20.9. The molecule has 0 spiro atoms. The standard InChI is InChI=1S/C21H35N3OS/c1-4-17(18-11-8-7-9-12-18)16-23-21(22-5-2)24-19-13-10-14-20(15-19)26(25)6-3/h7-9,11-12,17,19-20H,4-6,10,13-16H2,1-3H3,(H2,22,23,24). The molecule has 4 nitrogen and oxygen atoms in total. The van der Waals surface area contributed by atoms with Crippen LogP contribution in [-0.4, -0.2) is 40.3 Å². The Hall–Kier alpha value is -1.36. The van der Waals surface area contributed by atoms with Gasteiger partial charge in [0.2, 0.25) is 0 Å². The minimum Gasteiger partial charge on any atom is -0.357 e. The zero-order valence-corrected chi connectivity index (χ0v) is 17.4. The van der Waals surface area contributed by atoms with Crippen molar-refractivity contribution in [1.82, 2.24) is 10.6 Å². The summed E-state index contributed by atoms with van der Waals surface area (Å²) in [5.74, 6) is 2.11. The van der Waals surface area contributed by atoms with Gasteiger partial charge in [0.1, 0.15) is 0 Å². The van der Waals surface area contributed by atoms with E-state index in [9.17, 15) is 4.21 Å². The lowest BCUT2D eigenvalue weighted by Gasteiger charge is -2.30. The van der Waals surface area contributed by atoms with Gasteiger partial charge in [0.15, 0.2) is 5.96 Å². The van der Waals surface area contributed by atoms with Crippen LogP contribution in [-0.2, 0) is 10.8 Å². The van der Waals surface area contributed by atoms with Gasteiger partial charge in [-0.3, -0.25) is 9.20 Å². The zero-order chi connectivity index (χ0) is 18.8. The average Bonchev–Trinajstić information content (AvgIpc) is 2.69. The Morgan fingerprint density at radius 1 is 1.23 bits per heavy atom. The van der Waals surface area contributed by atoms with Crippen LogP contribution in [0.1, 0.15) is 64.4 Å². The van der Waals surface area contributed by atoms with Gasteiger partial charge in [-0.2, -0.15) is 0 Å². The highest BCUT2D eigenvalue weighted by molar-refractivity contribution is 7.85. The summed E-state index contributed by atoms with van der Waals surface area (Å²) in [6, 6.07) is 11.0. The van der Waals surface area contributed by atoms with Gasteiger partial charge in [0.25, 0.3) is 0 Å². The van der Waals surface area contributed by atoms with Crippen molar-refractivity contribution in [3.63, 3.8) is 0 Å². The molecule has 0 heterocycles. The SMILES string of the molecule is CCNC(=NCC(CC)c1ccccc1)NC1CCCC(S(=O)CC)C1. The fourth-order valence-electron chi connectivity index (χ4n) is 3.66. The van der Waals surface area contributed by atoms with Crippen molar-refractivity contribution in [2.75, 3.05) is 18.8 Å². The molecule has 1 aliphatic carbocycles. The molecule has 26 heavy (non-hydrogen) atoms. The van der Waals surface area contributed by atoms with Crippen molar-refractivity contribution in [1.29, 1.82) is 0 Å². The molecule has 0 radical (unpaired) electrons. The zero-order valence-electron chi connectivity index (χ0n) is 16.5. The van der Waals surface area contributed by atoms with Gasteiger partial charge < -0.3 is 10.6 Å². The molecule has 1 aromatic carbocycles. The quantitative estimate of drug-likeness (QED) is 0.535. The minimum atomic E-state index is -0.690. The number of hydrogen-bond donors (Lipinski definition) is 2. The molecule has 0 saturated heterocycles. The van der Waals surface area contributed by atoms with Crippen molar-refractivity contribution in [2.45, 2.75) is 70.1 Å². The number of aliphatic imine (C=N–C) groups is 1. The summed E-state index contributed by atoms with van der Waals surface area (Å²) in [4.78, 5) is 4.86. The monoisotopic (exact) mass is 377 g/mol. The summed E-state index contributed by atoms with van der Waals surface area (Å²) >= 11 is 0. The van der Waals surface area contributed by atoms with Gasteiger partial charge in [0.05, 0.1) is 0 Å². The predicted octanol–water partition coefficient (Wildman–Crippen LogP) is 3.82. The summed E-state index contributed by atoms with van der Waals surface area (Å²) in [5.41, 5.74) is 1.35. The number of guanidine groups is 1. The van der Waals surface area contributed by atoms with E-state index in [-0.39, 0.29) is 0 Å². The molecule has 1 fully saturated rings. The smallest absolute Gasteiger partial charge is 0.191 e. The van der Waals surface area contributed by atoms with E-state index in [4.69, 9.17) is 4.99 Å². The molecular weight excluding hydrogens is 342 g/mol. The maximum Gasteiger partial charge on any atom is 0.191 e. The van der Waals surface area contributed by atoms with Gasteiger partial charge in [0, 0.05) is 46.9 Å². The molecule has 0 aliphatic heterocycles. The Balaban J connectivity index is 1.98. The van der Waals surface area contributed by atoms with Gasteiger partial charge in [-0.05, 0) is 38.2 Å². The number of benzene rings is 1. The first-order valence-electron chi connectivity index (χ1n) is 10.1. The van der Waals surface area contributed by atoms with Gasteiger partial charge in [-0.1, -0.05) is 50.6 Å². The molecule has 0 aromatic heterocycles. The van der Waals surface area contributed by atoms with Crippen LogP contribution in [0.25, 0.3) is 0 Å². The van der Waals surface area contributed by atoms with Crippen LogP contribution in [0.15, 0.2) is 35.3 Å². The van der Waals surface area contributed by atoms with Gasteiger partial charge >= 0.3 is 0 Å². The summed E-state index contributed by atoms with van der Waals surface area (Å²) in [5, 5.41) is 7.32. The molecule has 1 aliphatic rings. The molecule has 5 heteroatoms. The van der Waals surface area contributed by atoms with Crippen LogP contribution >= 0.6 is 0 Å². The topological polar surface area (TPSA) is 53.5 Å². The average molecular weight is 378 g/mol. The molecule has 2 N–H and O–H groups in total. The number of nitrogens with one attached hydrogen (secondary N) is 2. The van der Waals surface area contributed by atoms with Crippen molar-refractivity contribution >= 4 is 16.8 Å². The van der Waals surface area contributed by atoms with Crippen LogP contribution < -0.4 is 10.6 Å².